The first-order chi connectivity index (χ1) is 8.52. The summed E-state index contributed by atoms with van der Waals surface area (Å²) in [5, 5.41) is 3.28. The Bertz CT molecular complexity index is 366. The Morgan fingerprint density at radius 2 is 2.11 bits per heavy atom. The van der Waals surface area contributed by atoms with E-state index in [2.05, 4.69) is 46.5 Å². The van der Waals surface area contributed by atoms with Crippen molar-refractivity contribution in [2.24, 2.45) is 5.84 Å². The fourth-order valence-electron chi connectivity index (χ4n) is 1.53. The van der Waals surface area contributed by atoms with Crippen LogP contribution in [-0.4, -0.2) is 41.0 Å². The van der Waals surface area contributed by atoms with E-state index in [1.807, 2.05) is 13.0 Å². The van der Waals surface area contributed by atoms with Crippen LogP contribution in [0, 0.1) is 6.92 Å². The fourth-order valence-corrected chi connectivity index (χ4v) is 1.53. The molecule has 0 fully saturated rings. The molecule has 0 unspecified atom stereocenters. The maximum atomic E-state index is 5.31. The zero-order chi connectivity index (χ0) is 13.5. The summed E-state index contributed by atoms with van der Waals surface area (Å²) in [7, 11) is 2.13. The van der Waals surface area contributed by atoms with Crippen molar-refractivity contribution in [3.63, 3.8) is 0 Å². The highest BCUT2D eigenvalue weighted by Crippen LogP contribution is 2.08. The van der Waals surface area contributed by atoms with Crippen molar-refractivity contribution >= 4 is 11.8 Å². The number of rotatable bonds is 7. The predicted molar refractivity (Wildman–Crippen MR) is 75.5 cm³/mol. The second kappa shape index (κ2) is 7.13. The van der Waals surface area contributed by atoms with Gasteiger partial charge in [-0.3, -0.25) is 5.43 Å². The van der Waals surface area contributed by atoms with Crippen molar-refractivity contribution in [3.8, 4) is 0 Å². The highest BCUT2D eigenvalue weighted by atomic mass is 15.3. The number of aryl methyl sites for hydroxylation is 1. The molecule has 6 heteroatoms. The van der Waals surface area contributed by atoms with Gasteiger partial charge in [-0.1, -0.05) is 0 Å². The minimum atomic E-state index is 0.441. The lowest BCUT2D eigenvalue weighted by Crippen LogP contribution is -2.28. The average Bonchev–Trinajstić information content (AvgIpc) is 2.33. The molecule has 0 aromatic carbocycles. The Hall–Kier alpha value is -1.40. The van der Waals surface area contributed by atoms with Crippen LogP contribution in [-0.2, 0) is 0 Å². The summed E-state index contributed by atoms with van der Waals surface area (Å²) in [5.41, 5.74) is 3.35. The van der Waals surface area contributed by atoms with Crippen LogP contribution in [0.15, 0.2) is 6.07 Å². The van der Waals surface area contributed by atoms with Crippen LogP contribution >= 0.6 is 0 Å². The Morgan fingerprint density at radius 3 is 2.72 bits per heavy atom. The minimum absolute atomic E-state index is 0.441. The van der Waals surface area contributed by atoms with Crippen molar-refractivity contribution < 1.29 is 0 Å². The Labute approximate surface area is 109 Å². The second-order valence-corrected chi connectivity index (χ2v) is 4.72. The third-order valence-corrected chi connectivity index (χ3v) is 2.86. The van der Waals surface area contributed by atoms with E-state index in [-0.39, 0.29) is 0 Å². The van der Waals surface area contributed by atoms with Gasteiger partial charge in [0.15, 0.2) is 0 Å². The van der Waals surface area contributed by atoms with Gasteiger partial charge in [0.1, 0.15) is 5.82 Å². The third kappa shape index (κ3) is 4.85. The van der Waals surface area contributed by atoms with Crippen LogP contribution in [0.1, 0.15) is 26.0 Å². The van der Waals surface area contributed by atoms with Gasteiger partial charge in [0.2, 0.25) is 5.95 Å². The average molecular weight is 252 g/mol. The van der Waals surface area contributed by atoms with Gasteiger partial charge in [0.05, 0.1) is 0 Å². The zero-order valence-corrected chi connectivity index (χ0v) is 11.7. The van der Waals surface area contributed by atoms with Crippen LogP contribution in [0.25, 0.3) is 0 Å². The number of nitrogens with one attached hydrogen (secondary N) is 2. The molecule has 0 saturated carbocycles. The first-order valence-electron chi connectivity index (χ1n) is 6.29. The number of hydrazine groups is 1. The van der Waals surface area contributed by atoms with Crippen molar-refractivity contribution in [1.82, 2.24) is 14.9 Å². The van der Waals surface area contributed by atoms with Crippen LogP contribution in [0.4, 0.5) is 11.8 Å². The number of hydrogen-bond acceptors (Lipinski definition) is 6. The summed E-state index contributed by atoms with van der Waals surface area (Å²) >= 11 is 0. The quantitative estimate of drug-likeness (QED) is 0.384. The highest BCUT2D eigenvalue weighted by molar-refractivity contribution is 5.41. The van der Waals surface area contributed by atoms with E-state index in [0.717, 1.165) is 31.0 Å². The molecule has 0 amide bonds. The molecule has 0 saturated heterocycles. The molecule has 0 aliphatic carbocycles. The van der Waals surface area contributed by atoms with Crippen molar-refractivity contribution in [1.29, 1.82) is 0 Å². The molecule has 0 bridgehead atoms. The van der Waals surface area contributed by atoms with Gasteiger partial charge >= 0.3 is 0 Å². The Kier molecular flexibility index (Phi) is 5.80. The standard InChI is InChI=1S/C12H24N6/c1-9(2)18(4)7-5-6-14-11-8-10(3)15-12(16-11)17-13/h8-9H,5-7,13H2,1-4H3,(H2,14,15,16,17). The number of hydrogen-bond donors (Lipinski definition) is 3. The van der Waals surface area contributed by atoms with E-state index < -0.39 is 0 Å². The van der Waals surface area contributed by atoms with E-state index in [4.69, 9.17) is 5.84 Å². The first kappa shape index (κ1) is 14.7. The lowest BCUT2D eigenvalue weighted by atomic mass is 10.3. The fraction of sp³-hybridized carbons (Fsp3) is 0.667. The number of nitrogens with two attached hydrogens (primary N) is 1. The topological polar surface area (TPSA) is 79.1 Å². The lowest BCUT2D eigenvalue weighted by Gasteiger charge is -2.20. The highest BCUT2D eigenvalue weighted by Gasteiger charge is 2.03. The molecule has 0 spiro atoms. The predicted octanol–water partition coefficient (Wildman–Crippen LogP) is 1.21. The summed E-state index contributed by atoms with van der Waals surface area (Å²) in [6.45, 7) is 8.26. The van der Waals surface area contributed by atoms with Gasteiger partial charge in [-0.05, 0) is 40.8 Å². The molecule has 6 nitrogen and oxygen atoms in total. The number of aromatic nitrogens is 2. The van der Waals surface area contributed by atoms with Crippen molar-refractivity contribution in [2.45, 2.75) is 33.2 Å². The van der Waals surface area contributed by atoms with Crippen LogP contribution in [0.3, 0.4) is 0 Å². The molecule has 1 heterocycles. The normalized spacial score (nSPS) is 11.1. The molecule has 4 N–H and O–H groups in total. The van der Waals surface area contributed by atoms with E-state index >= 15 is 0 Å². The van der Waals surface area contributed by atoms with Gasteiger partial charge in [-0.25, -0.2) is 10.8 Å². The van der Waals surface area contributed by atoms with E-state index in [1.165, 1.54) is 0 Å². The molecule has 18 heavy (non-hydrogen) atoms. The minimum Gasteiger partial charge on any atom is -0.370 e. The molecular weight excluding hydrogens is 228 g/mol. The number of nitrogen functional groups attached to an aromatic ring is 1. The maximum absolute atomic E-state index is 5.31. The Morgan fingerprint density at radius 1 is 1.39 bits per heavy atom. The summed E-state index contributed by atoms with van der Waals surface area (Å²) < 4.78 is 0. The van der Waals surface area contributed by atoms with Gasteiger partial charge in [-0.2, -0.15) is 4.98 Å². The monoisotopic (exact) mass is 252 g/mol. The molecular formula is C12H24N6. The molecule has 1 aromatic rings. The molecule has 0 aliphatic rings. The van der Waals surface area contributed by atoms with Gasteiger partial charge < -0.3 is 10.2 Å². The SMILES string of the molecule is Cc1cc(NCCCN(C)C(C)C)nc(NN)n1. The van der Waals surface area contributed by atoms with Gasteiger partial charge in [-0.15, -0.1) is 0 Å². The van der Waals surface area contributed by atoms with E-state index in [0.29, 0.717) is 12.0 Å². The summed E-state index contributed by atoms with van der Waals surface area (Å²) in [6.07, 6.45) is 1.07. The van der Waals surface area contributed by atoms with E-state index in [1.54, 1.807) is 0 Å². The molecule has 0 radical (unpaired) electrons. The molecule has 1 aromatic heterocycles. The first-order valence-corrected chi connectivity index (χ1v) is 6.29. The zero-order valence-electron chi connectivity index (χ0n) is 11.7. The third-order valence-electron chi connectivity index (χ3n) is 2.86. The Balaban J connectivity index is 2.37. The lowest BCUT2D eigenvalue weighted by molar-refractivity contribution is 0.273. The van der Waals surface area contributed by atoms with Gasteiger partial charge in [0.25, 0.3) is 0 Å². The summed E-state index contributed by atoms with van der Waals surface area (Å²) in [4.78, 5) is 10.7. The molecule has 0 aliphatic heterocycles. The molecule has 0 atom stereocenters. The maximum Gasteiger partial charge on any atom is 0.239 e. The van der Waals surface area contributed by atoms with Crippen LogP contribution in [0.5, 0.6) is 0 Å². The van der Waals surface area contributed by atoms with Crippen molar-refractivity contribution in [3.05, 3.63) is 11.8 Å². The number of anilines is 2. The summed E-state index contributed by atoms with van der Waals surface area (Å²) in [6, 6.07) is 2.49. The largest absolute Gasteiger partial charge is 0.370 e. The second-order valence-electron chi connectivity index (χ2n) is 4.72. The smallest absolute Gasteiger partial charge is 0.239 e. The number of nitrogens with zero attached hydrogens (tertiary/aromatic N) is 3. The van der Waals surface area contributed by atoms with Crippen LogP contribution < -0.4 is 16.6 Å². The van der Waals surface area contributed by atoms with Gasteiger partial charge in [0, 0.05) is 24.3 Å². The molecule has 1 rings (SSSR count). The van der Waals surface area contributed by atoms with E-state index in [9.17, 15) is 0 Å². The molecule has 102 valence electrons. The van der Waals surface area contributed by atoms with Crippen LogP contribution in [0.2, 0.25) is 0 Å². The van der Waals surface area contributed by atoms with Crippen molar-refractivity contribution in [2.75, 3.05) is 30.9 Å². The summed E-state index contributed by atoms with van der Waals surface area (Å²) in [5.74, 6) is 6.56.